The molecule has 0 amide bonds. The Morgan fingerprint density at radius 1 is 1.38 bits per heavy atom. The number of aldehydes is 1. The molecule has 0 fully saturated rings. The Hall–Kier alpha value is -1.76. The highest BCUT2D eigenvalue weighted by atomic mass is 19.1. The zero-order chi connectivity index (χ0) is 9.84. The second kappa shape index (κ2) is 3.76. The van der Waals surface area contributed by atoms with Crippen molar-refractivity contribution in [2.75, 3.05) is 0 Å². The zero-order valence-electron chi connectivity index (χ0n) is 6.55. The Bertz CT molecular complexity index is 359. The molecule has 1 aromatic carbocycles. The summed E-state index contributed by atoms with van der Waals surface area (Å²) in [4.78, 5) is 10.0. The summed E-state index contributed by atoms with van der Waals surface area (Å²) in [5.41, 5.74) is -0.390. The fraction of sp³-hybridized carbons (Fsp3) is 0.111. The number of nitrogens with zero attached hydrogens (tertiary/aromatic N) is 1. The lowest BCUT2D eigenvalue weighted by Crippen LogP contribution is -1.97. The smallest absolute Gasteiger partial charge is 0.131 e. The van der Waals surface area contributed by atoms with Gasteiger partial charge in [-0.15, -0.1) is 0 Å². The third-order valence-electron chi connectivity index (χ3n) is 1.56. The Morgan fingerprint density at radius 3 is 2.31 bits per heavy atom. The van der Waals surface area contributed by atoms with Gasteiger partial charge in [0.2, 0.25) is 0 Å². The van der Waals surface area contributed by atoms with Gasteiger partial charge in [0, 0.05) is 12.0 Å². The van der Waals surface area contributed by atoms with Gasteiger partial charge >= 0.3 is 0 Å². The van der Waals surface area contributed by atoms with Crippen LogP contribution in [0.4, 0.5) is 8.78 Å². The van der Waals surface area contributed by atoms with Crippen molar-refractivity contribution in [2.45, 2.75) is 6.42 Å². The van der Waals surface area contributed by atoms with Gasteiger partial charge in [-0.25, -0.2) is 8.78 Å². The lowest BCUT2D eigenvalue weighted by atomic mass is 10.1. The largest absolute Gasteiger partial charge is 0.303 e. The lowest BCUT2D eigenvalue weighted by Gasteiger charge is -2.00. The molecule has 0 atom stereocenters. The number of nitriles is 1. The third-order valence-corrected chi connectivity index (χ3v) is 1.56. The molecule has 4 heteroatoms. The fourth-order valence-corrected chi connectivity index (χ4v) is 0.946. The van der Waals surface area contributed by atoms with Crippen molar-refractivity contribution in [1.29, 1.82) is 5.26 Å². The van der Waals surface area contributed by atoms with Crippen molar-refractivity contribution in [1.82, 2.24) is 0 Å². The predicted molar refractivity (Wildman–Crippen MR) is 40.8 cm³/mol. The SMILES string of the molecule is N#Cc1cc(F)c(CC=O)c(F)c1. The molecule has 1 rings (SSSR count). The monoisotopic (exact) mass is 181 g/mol. The van der Waals surface area contributed by atoms with Crippen LogP contribution in [0.3, 0.4) is 0 Å². The van der Waals surface area contributed by atoms with Crippen LogP contribution >= 0.6 is 0 Å². The van der Waals surface area contributed by atoms with Gasteiger partial charge in [-0.3, -0.25) is 0 Å². The number of hydrogen-bond acceptors (Lipinski definition) is 2. The van der Waals surface area contributed by atoms with Crippen LogP contribution in [0.15, 0.2) is 12.1 Å². The molecule has 0 aliphatic rings. The Kier molecular flexibility index (Phi) is 2.70. The molecule has 13 heavy (non-hydrogen) atoms. The Morgan fingerprint density at radius 2 is 1.92 bits per heavy atom. The number of carbonyl (C=O) groups excluding carboxylic acids is 1. The normalized spacial score (nSPS) is 9.31. The summed E-state index contributed by atoms with van der Waals surface area (Å²) in [5.74, 6) is -1.72. The lowest BCUT2D eigenvalue weighted by molar-refractivity contribution is -0.107. The molecule has 2 nitrogen and oxygen atoms in total. The average molecular weight is 181 g/mol. The van der Waals surface area contributed by atoms with Gasteiger partial charge in [-0.05, 0) is 12.1 Å². The topological polar surface area (TPSA) is 40.9 Å². The van der Waals surface area contributed by atoms with E-state index in [0.29, 0.717) is 6.29 Å². The number of hydrogen-bond donors (Lipinski definition) is 0. The van der Waals surface area contributed by atoms with E-state index >= 15 is 0 Å². The molecular weight excluding hydrogens is 176 g/mol. The molecule has 66 valence electrons. The highest BCUT2D eigenvalue weighted by Crippen LogP contribution is 2.14. The molecule has 0 unspecified atom stereocenters. The van der Waals surface area contributed by atoms with E-state index in [2.05, 4.69) is 0 Å². The zero-order valence-corrected chi connectivity index (χ0v) is 6.55. The van der Waals surface area contributed by atoms with Crippen molar-refractivity contribution < 1.29 is 13.6 Å². The van der Waals surface area contributed by atoms with E-state index in [1.54, 1.807) is 6.07 Å². The molecule has 0 heterocycles. The maximum atomic E-state index is 12.9. The summed E-state index contributed by atoms with van der Waals surface area (Å²) < 4.78 is 25.9. The third kappa shape index (κ3) is 1.88. The summed E-state index contributed by atoms with van der Waals surface area (Å²) in [6.45, 7) is 0. The first-order valence-electron chi connectivity index (χ1n) is 3.50. The van der Waals surface area contributed by atoms with Gasteiger partial charge in [-0.1, -0.05) is 0 Å². The van der Waals surface area contributed by atoms with Gasteiger partial charge in [-0.2, -0.15) is 5.26 Å². The number of halogens is 2. The summed E-state index contributed by atoms with van der Waals surface area (Å²) in [6, 6.07) is 3.42. The van der Waals surface area contributed by atoms with E-state index in [1.807, 2.05) is 0 Å². The van der Waals surface area contributed by atoms with Gasteiger partial charge in [0.1, 0.15) is 17.9 Å². The van der Waals surface area contributed by atoms with Crippen molar-refractivity contribution in [3.8, 4) is 6.07 Å². The van der Waals surface area contributed by atoms with Crippen molar-refractivity contribution in [3.05, 3.63) is 34.9 Å². The minimum absolute atomic E-state index is 0.0929. The molecule has 0 spiro atoms. The van der Waals surface area contributed by atoms with Crippen LogP contribution in [0.25, 0.3) is 0 Å². The molecule has 0 saturated heterocycles. The summed E-state index contributed by atoms with van der Waals surface area (Å²) in [5, 5.41) is 8.35. The maximum absolute atomic E-state index is 12.9. The van der Waals surface area contributed by atoms with Crippen LogP contribution in [0, 0.1) is 23.0 Å². The van der Waals surface area contributed by atoms with E-state index < -0.39 is 11.6 Å². The number of benzene rings is 1. The number of carbonyl (C=O) groups is 1. The van der Waals surface area contributed by atoms with Crippen molar-refractivity contribution in [2.24, 2.45) is 0 Å². The minimum Gasteiger partial charge on any atom is -0.303 e. The molecule has 0 aliphatic heterocycles. The average Bonchev–Trinajstić information content (AvgIpc) is 2.11. The highest BCUT2D eigenvalue weighted by Gasteiger charge is 2.09. The second-order valence-corrected chi connectivity index (χ2v) is 2.40. The summed E-state index contributed by atoms with van der Waals surface area (Å²) in [6.07, 6.45) is 0.0942. The van der Waals surface area contributed by atoms with Gasteiger partial charge < -0.3 is 4.79 Å². The van der Waals surface area contributed by atoms with Crippen LogP contribution in [-0.4, -0.2) is 6.29 Å². The highest BCUT2D eigenvalue weighted by molar-refractivity contribution is 5.55. The molecule has 0 aliphatic carbocycles. The van der Waals surface area contributed by atoms with Crippen LogP contribution in [0.2, 0.25) is 0 Å². The van der Waals surface area contributed by atoms with Crippen LogP contribution in [0.1, 0.15) is 11.1 Å². The fourth-order valence-electron chi connectivity index (χ4n) is 0.946. The standard InChI is InChI=1S/C9H5F2NO/c10-8-3-6(5-12)4-9(11)7(8)1-2-13/h2-4H,1H2. The van der Waals surface area contributed by atoms with E-state index in [0.717, 1.165) is 12.1 Å². The summed E-state index contributed by atoms with van der Waals surface area (Å²) >= 11 is 0. The molecule has 0 N–H and O–H groups in total. The molecule has 0 aromatic heterocycles. The molecule has 1 aromatic rings. The first-order chi connectivity index (χ1) is 6.19. The van der Waals surface area contributed by atoms with E-state index in [1.165, 1.54) is 0 Å². The van der Waals surface area contributed by atoms with E-state index in [-0.39, 0.29) is 17.5 Å². The van der Waals surface area contributed by atoms with Crippen molar-refractivity contribution >= 4 is 6.29 Å². The van der Waals surface area contributed by atoms with Gasteiger partial charge in [0.25, 0.3) is 0 Å². The summed E-state index contributed by atoms with van der Waals surface area (Å²) in [7, 11) is 0. The first-order valence-corrected chi connectivity index (χ1v) is 3.50. The van der Waals surface area contributed by atoms with Crippen molar-refractivity contribution in [3.63, 3.8) is 0 Å². The van der Waals surface area contributed by atoms with Gasteiger partial charge in [0.05, 0.1) is 11.6 Å². The van der Waals surface area contributed by atoms with E-state index in [9.17, 15) is 13.6 Å². The van der Waals surface area contributed by atoms with E-state index in [4.69, 9.17) is 5.26 Å². The molecule has 0 saturated carbocycles. The first kappa shape index (κ1) is 9.33. The molecule has 0 radical (unpaired) electrons. The quantitative estimate of drug-likeness (QED) is 0.650. The molecular formula is C9H5F2NO. The maximum Gasteiger partial charge on any atom is 0.131 e. The second-order valence-electron chi connectivity index (χ2n) is 2.40. The van der Waals surface area contributed by atoms with Gasteiger partial charge in [0.15, 0.2) is 0 Å². The Balaban J connectivity index is 3.24. The van der Waals surface area contributed by atoms with Crippen LogP contribution in [0.5, 0.6) is 0 Å². The van der Waals surface area contributed by atoms with Crippen LogP contribution < -0.4 is 0 Å². The number of rotatable bonds is 2. The Labute approximate surface area is 73.4 Å². The van der Waals surface area contributed by atoms with Crippen LogP contribution in [-0.2, 0) is 11.2 Å². The molecule has 0 bridgehead atoms. The minimum atomic E-state index is -0.858. The predicted octanol–water partition coefficient (Wildman–Crippen LogP) is 1.58.